The first kappa shape index (κ1) is 32.8. The van der Waals surface area contributed by atoms with Crippen molar-refractivity contribution in [2.24, 2.45) is 4.99 Å². The summed E-state index contributed by atoms with van der Waals surface area (Å²) in [6.07, 6.45) is 2.24. The molecule has 0 saturated heterocycles. The van der Waals surface area contributed by atoms with Crippen LogP contribution in [0.1, 0.15) is 72.7 Å². The van der Waals surface area contributed by atoms with Crippen molar-refractivity contribution in [1.82, 2.24) is 5.32 Å². The van der Waals surface area contributed by atoms with Crippen molar-refractivity contribution < 1.29 is 9.47 Å². The number of rotatable bonds is 4. The zero-order valence-corrected chi connectivity index (χ0v) is 31.9. The van der Waals surface area contributed by atoms with Gasteiger partial charge in [-0.2, -0.15) is 0 Å². The molecule has 4 heteroatoms. The van der Waals surface area contributed by atoms with Gasteiger partial charge in [-0.15, -0.1) is 0 Å². The van der Waals surface area contributed by atoms with Crippen molar-refractivity contribution in [2.45, 2.75) is 44.6 Å². The van der Waals surface area contributed by atoms with Gasteiger partial charge in [0.25, 0.3) is 0 Å². The Morgan fingerprint density at radius 2 is 1.04 bits per heavy atom. The van der Waals surface area contributed by atoms with E-state index in [9.17, 15) is 0 Å². The van der Waals surface area contributed by atoms with E-state index in [-0.39, 0.29) is 16.9 Å². The molecule has 1 N–H and O–H groups in total. The quantitative estimate of drug-likeness (QED) is 0.196. The predicted molar refractivity (Wildman–Crippen MR) is 227 cm³/mol. The van der Waals surface area contributed by atoms with Crippen LogP contribution in [-0.4, -0.2) is 5.84 Å². The highest BCUT2D eigenvalue weighted by Gasteiger charge is 2.38. The normalized spacial score (nSPS) is 17.3. The molecule has 7 aromatic carbocycles. The molecule has 270 valence electrons. The average Bonchev–Trinajstić information content (AvgIpc) is 3.60. The number of hydrogen-bond donors (Lipinski definition) is 1. The van der Waals surface area contributed by atoms with Crippen LogP contribution in [0, 0.1) is 0 Å². The topological polar surface area (TPSA) is 42.9 Å². The van der Waals surface area contributed by atoms with Crippen LogP contribution in [0.4, 0.5) is 0 Å². The summed E-state index contributed by atoms with van der Waals surface area (Å²) < 4.78 is 13.1. The minimum absolute atomic E-state index is 0.100. The van der Waals surface area contributed by atoms with E-state index >= 15 is 0 Å². The fraction of sp³-hybridized carbons (Fsp3) is 0.135. The summed E-state index contributed by atoms with van der Waals surface area (Å²) >= 11 is 0. The van der Waals surface area contributed by atoms with Crippen LogP contribution >= 0.6 is 0 Å². The molecule has 2 aliphatic heterocycles. The highest BCUT2D eigenvalue weighted by Crippen LogP contribution is 2.55. The van der Waals surface area contributed by atoms with Crippen LogP contribution < -0.4 is 14.8 Å². The zero-order chi connectivity index (χ0) is 37.8. The molecule has 4 aliphatic rings. The van der Waals surface area contributed by atoms with Crippen molar-refractivity contribution in [1.29, 1.82) is 0 Å². The molecule has 4 nitrogen and oxygen atoms in total. The zero-order valence-electron chi connectivity index (χ0n) is 31.9. The smallest absolute Gasteiger partial charge is 0.170 e. The van der Waals surface area contributed by atoms with E-state index in [1.165, 1.54) is 44.5 Å². The van der Waals surface area contributed by atoms with E-state index in [1.54, 1.807) is 0 Å². The maximum absolute atomic E-state index is 6.63. The molecule has 0 saturated carbocycles. The monoisotopic (exact) mass is 724 g/mol. The molecule has 0 bridgehead atoms. The standard InChI is InChI=1S/C52H40N2O2/c1-51(2)40-19-10-8-17-36(40)38-23-21-35(26-42(38)51)50-53-44(31-13-6-5-7-14-31)30-45(54-50)34-16-12-15-32(25-34)33-22-24-46-47(27-33)56-48-28-39-37-18-9-11-20-41(37)52(3,4)43(39)29-49(48)55-46/h5-30,45H,1-4H3,(H,53,54). The fourth-order valence-corrected chi connectivity index (χ4v) is 9.35. The first-order valence-corrected chi connectivity index (χ1v) is 19.5. The van der Waals surface area contributed by atoms with Crippen LogP contribution in [-0.2, 0) is 10.8 Å². The van der Waals surface area contributed by atoms with Crippen molar-refractivity contribution >= 4 is 11.5 Å². The van der Waals surface area contributed by atoms with Gasteiger partial charge in [0.05, 0.1) is 11.7 Å². The van der Waals surface area contributed by atoms with E-state index in [0.717, 1.165) is 56.6 Å². The highest BCUT2D eigenvalue weighted by molar-refractivity contribution is 6.04. The first-order valence-electron chi connectivity index (χ1n) is 19.5. The summed E-state index contributed by atoms with van der Waals surface area (Å²) in [6.45, 7) is 9.21. The van der Waals surface area contributed by atoms with Crippen molar-refractivity contribution in [2.75, 3.05) is 0 Å². The minimum Gasteiger partial charge on any atom is -0.450 e. The molecule has 0 amide bonds. The molecule has 0 radical (unpaired) electrons. The number of hydrogen-bond acceptors (Lipinski definition) is 4. The second-order valence-electron chi connectivity index (χ2n) is 16.4. The molecule has 2 aliphatic carbocycles. The van der Waals surface area contributed by atoms with Gasteiger partial charge < -0.3 is 14.8 Å². The number of nitrogens with one attached hydrogen (secondary N) is 1. The summed E-state index contributed by atoms with van der Waals surface area (Å²) in [5.41, 5.74) is 16.6. The molecule has 56 heavy (non-hydrogen) atoms. The lowest BCUT2D eigenvalue weighted by atomic mass is 9.82. The van der Waals surface area contributed by atoms with E-state index < -0.39 is 0 Å². The largest absolute Gasteiger partial charge is 0.450 e. The number of nitrogens with zero attached hydrogens (tertiary/aromatic N) is 1. The van der Waals surface area contributed by atoms with E-state index in [2.05, 4.69) is 185 Å². The molecule has 1 unspecified atom stereocenters. The van der Waals surface area contributed by atoms with Crippen LogP contribution in [0.3, 0.4) is 0 Å². The summed E-state index contributed by atoms with van der Waals surface area (Å²) in [4.78, 5) is 5.25. The highest BCUT2D eigenvalue weighted by atomic mass is 16.6. The predicted octanol–water partition coefficient (Wildman–Crippen LogP) is 13.0. The summed E-state index contributed by atoms with van der Waals surface area (Å²) in [5, 5.41) is 3.83. The lowest BCUT2D eigenvalue weighted by molar-refractivity contribution is 0.359. The average molecular weight is 725 g/mol. The second-order valence-corrected chi connectivity index (χ2v) is 16.4. The third kappa shape index (κ3) is 4.95. The van der Waals surface area contributed by atoms with Gasteiger partial charge in [-0.05, 0) is 109 Å². The Morgan fingerprint density at radius 3 is 1.82 bits per heavy atom. The van der Waals surface area contributed by atoms with Crippen LogP contribution in [0.5, 0.6) is 23.0 Å². The molecule has 0 spiro atoms. The number of ether oxygens (including phenoxy) is 2. The summed E-state index contributed by atoms with van der Waals surface area (Å²) in [6, 6.07) is 54.0. The second kappa shape index (κ2) is 11.9. The van der Waals surface area contributed by atoms with Gasteiger partial charge in [0, 0.05) is 16.4 Å². The third-order valence-electron chi connectivity index (χ3n) is 12.4. The van der Waals surface area contributed by atoms with Gasteiger partial charge in [-0.3, -0.25) is 0 Å². The van der Waals surface area contributed by atoms with Crippen LogP contribution in [0.15, 0.2) is 163 Å². The van der Waals surface area contributed by atoms with Gasteiger partial charge in [-0.1, -0.05) is 143 Å². The summed E-state index contributed by atoms with van der Waals surface area (Å²) in [5.74, 6) is 3.79. The Hall–Kier alpha value is -6.65. The third-order valence-corrected chi connectivity index (χ3v) is 12.4. The van der Waals surface area contributed by atoms with E-state index in [0.29, 0.717) is 5.75 Å². The number of benzene rings is 7. The molecule has 0 fully saturated rings. The number of fused-ring (bicyclic) bond motifs is 8. The Morgan fingerprint density at radius 1 is 0.446 bits per heavy atom. The Labute approximate surface area is 327 Å². The molecule has 2 heterocycles. The maximum atomic E-state index is 6.63. The summed E-state index contributed by atoms with van der Waals surface area (Å²) in [7, 11) is 0. The van der Waals surface area contributed by atoms with Crippen LogP contribution in [0.25, 0.3) is 39.1 Å². The lowest BCUT2D eigenvalue weighted by Gasteiger charge is -2.26. The number of amidine groups is 1. The Bertz CT molecular complexity index is 2840. The van der Waals surface area contributed by atoms with Crippen molar-refractivity contribution in [3.63, 3.8) is 0 Å². The molecule has 0 aromatic heterocycles. The Kier molecular flexibility index (Phi) is 6.97. The fourth-order valence-electron chi connectivity index (χ4n) is 9.35. The molecule has 1 atom stereocenters. The van der Waals surface area contributed by atoms with Gasteiger partial charge in [-0.25, -0.2) is 4.99 Å². The van der Waals surface area contributed by atoms with Gasteiger partial charge in [0.15, 0.2) is 23.0 Å². The molecular formula is C52H40N2O2. The number of aliphatic imine (C=N–C) groups is 1. The maximum Gasteiger partial charge on any atom is 0.170 e. The van der Waals surface area contributed by atoms with Gasteiger partial charge in [0.2, 0.25) is 0 Å². The minimum atomic E-state index is -0.110. The van der Waals surface area contributed by atoms with E-state index in [4.69, 9.17) is 14.5 Å². The SMILES string of the molecule is CC1(C)c2ccccc2-c2ccc(C3=NC(c4ccccc4)=CC(c4cccc(-c5ccc6c(c5)Oc5cc7c(cc5O6)C(C)(C)c5ccccc5-7)c4)N3)cc21. The van der Waals surface area contributed by atoms with Gasteiger partial charge in [0.1, 0.15) is 5.84 Å². The Balaban J connectivity index is 0.927. The van der Waals surface area contributed by atoms with Crippen LogP contribution in [0.2, 0.25) is 0 Å². The van der Waals surface area contributed by atoms with Crippen molar-refractivity contribution in [3.05, 3.63) is 197 Å². The lowest BCUT2D eigenvalue weighted by Crippen LogP contribution is -2.31. The van der Waals surface area contributed by atoms with E-state index in [1.807, 2.05) is 6.07 Å². The van der Waals surface area contributed by atoms with Crippen molar-refractivity contribution in [3.8, 4) is 56.4 Å². The molecular weight excluding hydrogens is 685 g/mol. The van der Waals surface area contributed by atoms with Gasteiger partial charge >= 0.3 is 0 Å². The molecule has 7 aromatic rings. The molecule has 11 rings (SSSR count). The first-order chi connectivity index (χ1) is 27.2.